The molecule has 0 saturated heterocycles. The van der Waals surface area contributed by atoms with Crippen LogP contribution in [0.3, 0.4) is 0 Å². The Hall–Kier alpha value is -1.46. The first kappa shape index (κ1) is 18.9. The number of rotatable bonds is 7. The van der Waals surface area contributed by atoms with E-state index in [0.717, 1.165) is 28.1 Å². The molecule has 0 fully saturated rings. The SMILES string of the molecule is CC[C@H](C)c1ccc(N=C(N)SCCOc2cccc(Br)c2)cc1. The average molecular weight is 407 g/mol. The molecule has 5 heteroatoms. The third-order valence-electron chi connectivity index (χ3n) is 3.71. The lowest BCUT2D eigenvalue weighted by atomic mass is 9.99. The van der Waals surface area contributed by atoms with Crippen LogP contribution in [0, 0.1) is 0 Å². The maximum atomic E-state index is 5.98. The standard InChI is InChI=1S/C19H23BrN2OS/c1-3-14(2)15-7-9-17(10-8-15)22-19(21)24-12-11-23-18-6-4-5-16(20)13-18/h4-10,13-14H,3,11-12H2,1-2H3,(H2,21,22)/t14-/m0/s1. The van der Waals surface area contributed by atoms with E-state index >= 15 is 0 Å². The van der Waals surface area contributed by atoms with E-state index in [1.165, 1.54) is 17.3 Å². The highest BCUT2D eigenvalue weighted by molar-refractivity contribution is 9.10. The predicted octanol–water partition coefficient (Wildman–Crippen LogP) is 5.72. The first-order valence-corrected chi connectivity index (χ1v) is 9.81. The van der Waals surface area contributed by atoms with E-state index in [1.54, 1.807) is 0 Å². The molecule has 1 atom stereocenters. The van der Waals surface area contributed by atoms with Crippen LogP contribution in [0.15, 0.2) is 58.0 Å². The summed E-state index contributed by atoms with van der Waals surface area (Å²) < 4.78 is 6.69. The summed E-state index contributed by atoms with van der Waals surface area (Å²) >= 11 is 4.93. The molecule has 0 radical (unpaired) electrons. The summed E-state index contributed by atoms with van der Waals surface area (Å²) in [5.74, 6) is 2.18. The lowest BCUT2D eigenvalue weighted by Crippen LogP contribution is -2.10. The van der Waals surface area contributed by atoms with E-state index in [9.17, 15) is 0 Å². The molecule has 0 spiro atoms. The molecule has 0 aliphatic heterocycles. The van der Waals surface area contributed by atoms with Crippen molar-refractivity contribution in [3.05, 3.63) is 58.6 Å². The van der Waals surface area contributed by atoms with Gasteiger partial charge in [0.05, 0.1) is 12.3 Å². The maximum Gasteiger partial charge on any atom is 0.159 e. The van der Waals surface area contributed by atoms with Crippen LogP contribution in [0.4, 0.5) is 5.69 Å². The van der Waals surface area contributed by atoms with E-state index < -0.39 is 0 Å². The van der Waals surface area contributed by atoms with Gasteiger partial charge in [0.1, 0.15) is 5.75 Å². The molecule has 3 nitrogen and oxygen atoms in total. The number of halogens is 1. The Morgan fingerprint density at radius 3 is 2.67 bits per heavy atom. The van der Waals surface area contributed by atoms with Crippen LogP contribution in [-0.4, -0.2) is 17.5 Å². The highest BCUT2D eigenvalue weighted by Crippen LogP contribution is 2.22. The minimum Gasteiger partial charge on any atom is -0.493 e. The number of thioether (sulfide) groups is 1. The molecule has 0 heterocycles. The van der Waals surface area contributed by atoms with Crippen LogP contribution in [0.2, 0.25) is 0 Å². The molecule has 0 bridgehead atoms. The van der Waals surface area contributed by atoms with E-state index in [4.69, 9.17) is 10.5 Å². The first-order valence-electron chi connectivity index (χ1n) is 8.03. The van der Waals surface area contributed by atoms with Crippen LogP contribution >= 0.6 is 27.7 Å². The van der Waals surface area contributed by atoms with E-state index in [-0.39, 0.29) is 0 Å². The third kappa shape index (κ3) is 6.21. The Balaban J connectivity index is 1.79. The van der Waals surface area contributed by atoms with Crippen molar-refractivity contribution in [1.82, 2.24) is 0 Å². The Morgan fingerprint density at radius 1 is 1.25 bits per heavy atom. The smallest absolute Gasteiger partial charge is 0.159 e. The van der Waals surface area contributed by atoms with Gasteiger partial charge in [-0.25, -0.2) is 4.99 Å². The summed E-state index contributed by atoms with van der Waals surface area (Å²) in [6, 6.07) is 16.1. The van der Waals surface area contributed by atoms with Crippen molar-refractivity contribution in [2.75, 3.05) is 12.4 Å². The number of nitrogens with zero attached hydrogens (tertiary/aromatic N) is 1. The molecule has 2 N–H and O–H groups in total. The molecule has 0 aliphatic carbocycles. The Kier molecular flexibility index (Phi) is 7.66. The van der Waals surface area contributed by atoms with Gasteiger partial charge in [-0.2, -0.15) is 0 Å². The first-order chi connectivity index (χ1) is 11.6. The summed E-state index contributed by atoms with van der Waals surface area (Å²) in [7, 11) is 0. The monoisotopic (exact) mass is 406 g/mol. The van der Waals surface area contributed by atoms with E-state index in [0.29, 0.717) is 17.7 Å². The number of benzene rings is 2. The number of ether oxygens (including phenoxy) is 1. The molecule has 0 aliphatic rings. The third-order valence-corrected chi connectivity index (χ3v) is 4.96. The zero-order valence-corrected chi connectivity index (χ0v) is 16.4. The number of hydrogen-bond donors (Lipinski definition) is 1. The summed E-state index contributed by atoms with van der Waals surface area (Å²) in [4.78, 5) is 4.44. The molecular weight excluding hydrogens is 384 g/mol. The Morgan fingerprint density at radius 2 is 2.00 bits per heavy atom. The zero-order valence-electron chi connectivity index (χ0n) is 14.0. The van der Waals surface area contributed by atoms with Gasteiger partial charge in [0, 0.05) is 10.2 Å². The van der Waals surface area contributed by atoms with Crippen LogP contribution in [0.5, 0.6) is 5.75 Å². The summed E-state index contributed by atoms with van der Waals surface area (Å²) in [6.07, 6.45) is 1.14. The highest BCUT2D eigenvalue weighted by Gasteiger charge is 2.03. The van der Waals surface area contributed by atoms with Crippen molar-refractivity contribution in [3.8, 4) is 5.75 Å². The fraction of sp³-hybridized carbons (Fsp3) is 0.316. The zero-order chi connectivity index (χ0) is 17.4. The molecule has 0 amide bonds. The second-order valence-electron chi connectivity index (χ2n) is 5.51. The molecule has 0 unspecified atom stereocenters. The van der Waals surface area contributed by atoms with Gasteiger partial charge in [-0.15, -0.1) is 0 Å². The van der Waals surface area contributed by atoms with Crippen LogP contribution < -0.4 is 10.5 Å². The number of nitrogens with two attached hydrogens (primary N) is 1. The fourth-order valence-electron chi connectivity index (χ4n) is 2.14. The Labute approximate surface area is 156 Å². The van der Waals surface area contributed by atoms with Gasteiger partial charge in [0.25, 0.3) is 0 Å². The van der Waals surface area contributed by atoms with E-state index in [1.807, 2.05) is 36.4 Å². The van der Waals surface area contributed by atoms with Crippen molar-refractivity contribution in [2.24, 2.45) is 10.7 Å². The second-order valence-corrected chi connectivity index (χ2v) is 7.54. The van der Waals surface area contributed by atoms with Gasteiger partial charge < -0.3 is 10.5 Å². The van der Waals surface area contributed by atoms with Crippen molar-refractivity contribution in [2.45, 2.75) is 26.2 Å². The summed E-state index contributed by atoms with van der Waals surface area (Å²) in [5.41, 5.74) is 8.21. The number of amidine groups is 1. The highest BCUT2D eigenvalue weighted by atomic mass is 79.9. The van der Waals surface area contributed by atoms with Gasteiger partial charge >= 0.3 is 0 Å². The largest absolute Gasteiger partial charge is 0.493 e. The van der Waals surface area contributed by atoms with Gasteiger partial charge in [-0.05, 0) is 48.2 Å². The summed E-state index contributed by atoms with van der Waals surface area (Å²) in [5, 5.41) is 0.559. The molecule has 24 heavy (non-hydrogen) atoms. The predicted molar refractivity (Wildman–Crippen MR) is 109 cm³/mol. The van der Waals surface area contributed by atoms with Crippen LogP contribution in [0.25, 0.3) is 0 Å². The molecule has 2 rings (SSSR count). The van der Waals surface area contributed by atoms with Crippen molar-refractivity contribution in [1.29, 1.82) is 0 Å². The average Bonchev–Trinajstić information content (AvgIpc) is 2.59. The van der Waals surface area contributed by atoms with Gasteiger partial charge in [0.2, 0.25) is 0 Å². The summed E-state index contributed by atoms with van der Waals surface area (Å²) in [6.45, 7) is 5.01. The number of hydrogen-bond acceptors (Lipinski definition) is 3. The van der Waals surface area contributed by atoms with Crippen LogP contribution in [0.1, 0.15) is 31.7 Å². The van der Waals surface area contributed by atoms with Gasteiger partial charge in [-0.1, -0.05) is 59.7 Å². The molecule has 128 valence electrons. The topological polar surface area (TPSA) is 47.6 Å². The lowest BCUT2D eigenvalue weighted by Gasteiger charge is -2.09. The number of aliphatic imine (C=N–C) groups is 1. The normalized spacial score (nSPS) is 12.9. The van der Waals surface area contributed by atoms with E-state index in [2.05, 4.69) is 46.9 Å². The van der Waals surface area contributed by atoms with Crippen molar-refractivity contribution >= 4 is 38.5 Å². The second kappa shape index (κ2) is 9.74. The minimum absolute atomic E-state index is 0.559. The quantitative estimate of drug-likeness (QED) is 0.363. The minimum atomic E-state index is 0.559. The molecular formula is C19H23BrN2OS. The van der Waals surface area contributed by atoms with Crippen molar-refractivity contribution in [3.63, 3.8) is 0 Å². The lowest BCUT2D eigenvalue weighted by molar-refractivity contribution is 0.344. The van der Waals surface area contributed by atoms with Crippen molar-refractivity contribution < 1.29 is 4.74 Å². The van der Waals surface area contributed by atoms with Crippen LogP contribution in [-0.2, 0) is 0 Å². The molecule has 0 aromatic heterocycles. The Bertz CT molecular complexity index is 673. The molecule has 0 saturated carbocycles. The van der Waals surface area contributed by atoms with Gasteiger partial charge in [-0.3, -0.25) is 0 Å². The fourth-order valence-corrected chi connectivity index (χ4v) is 3.06. The maximum absolute atomic E-state index is 5.98. The molecule has 2 aromatic rings. The molecule has 2 aromatic carbocycles. The van der Waals surface area contributed by atoms with Gasteiger partial charge in [0.15, 0.2) is 5.17 Å².